The molecule has 1 amide bonds. The van der Waals surface area contributed by atoms with Gasteiger partial charge in [-0.2, -0.15) is 18.3 Å². The van der Waals surface area contributed by atoms with Gasteiger partial charge >= 0.3 is 6.18 Å². The fraction of sp³-hybridized carbons (Fsp3) is 0.306. The van der Waals surface area contributed by atoms with E-state index in [4.69, 9.17) is 5.11 Å². The molecule has 6 rings (SSSR count). The molecule has 13 heteroatoms. The number of halogens is 3. The number of aliphatic hydroxyl groups is 1. The Morgan fingerprint density at radius 3 is 2.78 bits per heavy atom. The van der Waals surface area contributed by atoms with Crippen molar-refractivity contribution in [1.82, 2.24) is 29.4 Å². The van der Waals surface area contributed by atoms with E-state index < -0.39 is 17.6 Å². The highest BCUT2D eigenvalue weighted by Crippen LogP contribution is 2.35. The van der Waals surface area contributed by atoms with Crippen LogP contribution < -0.4 is 16.0 Å². The first-order valence-electron chi connectivity index (χ1n) is 16.0. The average molecular weight is 671 g/mol. The van der Waals surface area contributed by atoms with E-state index in [0.717, 1.165) is 29.5 Å². The Morgan fingerprint density at radius 2 is 1.98 bits per heavy atom. The van der Waals surface area contributed by atoms with Crippen molar-refractivity contribution in [2.75, 3.05) is 36.9 Å². The SMILES string of the molecule is Cc1ccc(C(=O)Nc2ccc(CN3CCN[C@H](C)C3)c(C(F)(F)F)c2)cc1C#Cc1cnc2c(Nc3cnn(CCCO)c3)cccn12. The van der Waals surface area contributed by atoms with Crippen molar-refractivity contribution in [2.45, 2.75) is 45.6 Å². The summed E-state index contributed by atoms with van der Waals surface area (Å²) in [5.41, 5.74) is 4.01. The molecule has 0 bridgehead atoms. The number of aryl methyl sites for hydroxylation is 2. The first-order valence-corrected chi connectivity index (χ1v) is 16.0. The maximum absolute atomic E-state index is 14.1. The second kappa shape index (κ2) is 14.5. The van der Waals surface area contributed by atoms with Crippen LogP contribution >= 0.6 is 0 Å². The summed E-state index contributed by atoms with van der Waals surface area (Å²) in [6, 6.07) is 12.9. The Labute approximate surface area is 282 Å². The van der Waals surface area contributed by atoms with Crippen LogP contribution in [0.4, 0.5) is 30.2 Å². The molecule has 0 saturated carbocycles. The Kier molecular flexibility index (Phi) is 10.0. The number of anilines is 3. The zero-order chi connectivity index (χ0) is 34.5. The molecule has 3 aromatic heterocycles. The standard InChI is InChI=1S/C36H37F3N8O2/c1-24-6-7-27(35(49)44-29-10-8-28(32(18-29)36(37,38)39)22-45-15-12-40-25(2)21-45)17-26(24)9-11-31-20-41-34-33(5-3-14-47(31)34)43-30-19-42-46(23-30)13-4-16-48/h3,5-8,10,14,17-20,23,25,40,43,48H,4,12-13,15-16,21-22H2,1-2H3,(H,44,49)/t25-/m1/s1. The molecule has 2 aromatic carbocycles. The van der Waals surface area contributed by atoms with Crippen molar-refractivity contribution in [3.8, 4) is 11.8 Å². The molecule has 0 aliphatic carbocycles. The number of nitrogens with zero attached hydrogens (tertiary/aromatic N) is 5. The van der Waals surface area contributed by atoms with Crippen LogP contribution in [0.3, 0.4) is 0 Å². The van der Waals surface area contributed by atoms with Gasteiger partial charge in [0.2, 0.25) is 0 Å². The lowest BCUT2D eigenvalue weighted by molar-refractivity contribution is -0.138. The van der Waals surface area contributed by atoms with E-state index >= 15 is 0 Å². The van der Waals surface area contributed by atoms with E-state index in [1.807, 2.05) is 47.7 Å². The largest absolute Gasteiger partial charge is 0.416 e. The minimum absolute atomic E-state index is 0.0654. The summed E-state index contributed by atoms with van der Waals surface area (Å²) in [7, 11) is 0. The monoisotopic (exact) mass is 670 g/mol. The first kappa shape index (κ1) is 33.7. The van der Waals surface area contributed by atoms with Crippen molar-refractivity contribution in [2.24, 2.45) is 0 Å². The van der Waals surface area contributed by atoms with Gasteiger partial charge in [0.1, 0.15) is 5.69 Å². The number of alkyl halides is 3. The molecular formula is C36H37F3N8O2. The number of benzene rings is 2. The molecular weight excluding hydrogens is 633 g/mol. The van der Waals surface area contributed by atoms with Crippen molar-refractivity contribution in [3.05, 3.63) is 107 Å². The number of carbonyl (C=O) groups excluding carboxylic acids is 1. The number of nitrogens with one attached hydrogen (secondary N) is 3. The fourth-order valence-electron chi connectivity index (χ4n) is 5.82. The van der Waals surface area contributed by atoms with Crippen molar-refractivity contribution in [1.29, 1.82) is 0 Å². The topological polar surface area (TPSA) is 112 Å². The molecule has 0 spiro atoms. The number of carbonyl (C=O) groups is 1. The third-order valence-corrected chi connectivity index (χ3v) is 8.34. The maximum Gasteiger partial charge on any atom is 0.416 e. The predicted molar refractivity (Wildman–Crippen MR) is 182 cm³/mol. The Morgan fingerprint density at radius 1 is 1.12 bits per heavy atom. The van der Waals surface area contributed by atoms with E-state index in [-0.39, 0.29) is 36.0 Å². The van der Waals surface area contributed by atoms with Gasteiger partial charge in [-0.1, -0.05) is 18.1 Å². The molecule has 0 radical (unpaired) electrons. The predicted octanol–water partition coefficient (Wildman–Crippen LogP) is 5.43. The molecule has 1 atom stereocenters. The van der Waals surface area contributed by atoms with Gasteiger partial charge in [0.25, 0.3) is 5.91 Å². The molecule has 1 fully saturated rings. The molecule has 254 valence electrons. The van der Waals surface area contributed by atoms with Crippen molar-refractivity contribution >= 4 is 28.6 Å². The van der Waals surface area contributed by atoms with E-state index in [9.17, 15) is 18.0 Å². The summed E-state index contributed by atoms with van der Waals surface area (Å²) in [5, 5.41) is 22.6. The number of amides is 1. The molecule has 1 saturated heterocycles. The molecule has 5 aromatic rings. The summed E-state index contributed by atoms with van der Waals surface area (Å²) in [6.45, 7) is 6.80. The highest BCUT2D eigenvalue weighted by Gasteiger charge is 2.34. The summed E-state index contributed by atoms with van der Waals surface area (Å²) in [4.78, 5) is 19.8. The first-order chi connectivity index (χ1) is 23.6. The quantitative estimate of drug-likeness (QED) is 0.155. The number of fused-ring (bicyclic) bond motifs is 1. The maximum atomic E-state index is 14.1. The molecule has 1 aliphatic rings. The minimum Gasteiger partial charge on any atom is -0.396 e. The van der Waals surface area contributed by atoms with Crippen molar-refractivity contribution in [3.63, 3.8) is 0 Å². The van der Waals surface area contributed by atoms with Crippen LogP contribution in [0.15, 0.2) is 73.3 Å². The number of piperazine rings is 1. The minimum atomic E-state index is -4.57. The summed E-state index contributed by atoms with van der Waals surface area (Å²) < 4.78 is 45.9. The molecule has 4 N–H and O–H groups in total. The van der Waals surface area contributed by atoms with E-state index in [0.29, 0.717) is 43.0 Å². The van der Waals surface area contributed by atoms with Gasteiger partial charge in [-0.3, -0.25) is 18.8 Å². The summed E-state index contributed by atoms with van der Waals surface area (Å²) in [5.74, 6) is 5.74. The molecule has 4 heterocycles. The highest BCUT2D eigenvalue weighted by molar-refractivity contribution is 6.04. The Bertz CT molecular complexity index is 2020. The van der Waals surface area contributed by atoms with Gasteiger partial charge in [0.05, 0.1) is 29.3 Å². The molecule has 10 nitrogen and oxygen atoms in total. The van der Waals surface area contributed by atoms with Crippen LogP contribution in [0.2, 0.25) is 0 Å². The highest BCUT2D eigenvalue weighted by atomic mass is 19.4. The van der Waals surface area contributed by atoms with Crippen molar-refractivity contribution < 1.29 is 23.1 Å². The average Bonchev–Trinajstić information content (AvgIpc) is 3.71. The number of hydrogen-bond donors (Lipinski definition) is 4. The second-order valence-electron chi connectivity index (χ2n) is 12.1. The second-order valence-corrected chi connectivity index (χ2v) is 12.1. The van der Waals surface area contributed by atoms with Crippen LogP contribution in [0.25, 0.3) is 5.65 Å². The van der Waals surface area contributed by atoms with Crippen LogP contribution in [0, 0.1) is 18.8 Å². The number of pyridine rings is 1. The van der Waals surface area contributed by atoms with E-state index in [2.05, 4.69) is 37.9 Å². The Hall–Kier alpha value is -5.16. The fourth-order valence-corrected chi connectivity index (χ4v) is 5.82. The normalized spacial score (nSPS) is 15.2. The van der Waals surface area contributed by atoms with Crippen LogP contribution in [-0.4, -0.2) is 67.4 Å². The number of imidazole rings is 1. The number of rotatable bonds is 9. The zero-order valence-corrected chi connectivity index (χ0v) is 27.2. The third-order valence-electron chi connectivity index (χ3n) is 8.34. The lowest BCUT2D eigenvalue weighted by Crippen LogP contribution is -2.48. The van der Waals surface area contributed by atoms with Gasteiger partial charge in [0.15, 0.2) is 5.65 Å². The zero-order valence-electron chi connectivity index (χ0n) is 27.2. The number of hydrogen-bond acceptors (Lipinski definition) is 7. The smallest absolute Gasteiger partial charge is 0.396 e. The third kappa shape index (κ3) is 8.11. The van der Waals surface area contributed by atoms with Gasteiger partial charge in [-0.15, -0.1) is 0 Å². The van der Waals surface area contributed by atoms with Gasteiger partial charge in [-0.05, 0) is 73.7 Å². The van der Waals surface area contributed by atoms with Crippen LogP contribution in [0.5, 0.6) is 0 Å². The number of aromatic nitrogens is 4. The summed E-state index contributed by atoms with van der Waals surface area (Å²) in [6.07, 6.45) is 3.11. The van der Waals surface area contributed by atoms with Gasteiger partial charge in [0, 0.05) is 74.6 Å². The Balaban J connectivity index is 1.18. The molecule has 49 heavy (non-hydrogen) atoms. The molecule has 0 unspecified atom stereocenters. The van der Waals surface area contributed by atoms with Crippen LogP contribution in [-0.2, 0) is 19.3 Å². The lowest BCUT2D eigenvalue weighted by atomic mass is 10.0. The summed E-state index contributed by atoms with van der Waals surface area (Å²) >= 11 is 0. The van der Waals surface area contributed by atoms with E-state index in [1.165, 1.54) is 12.1 Å². The number of aliphatic hydroxyl groups excluding tert-OH is 1. The van der Waals surface area contributed by atoms with E-state index in [1.54, 1.807) is 35.3 Å². The molecule has 1 aliphatic heterocycles. The van der Waals surface area contributed by atoms with Crippen LogP contribution in [0.1, 0.15) is 51.7 Å². The van der Waals surface area contributed by atoms with Gasteiger partial charge in [-0.25, -0.2) is 4.98 Å². The van der Waals surface area contributed by atoms with Gasteiger partial charge < -0.3 is 21.1 Å². The lowest BCUT2D eigenvalue weighted by Gasteiger charge is -2.32.